The summed E-state index contributed by atoms with van der Waals surface area (Å²) in [6, 6.07) is 33.0. The fourth-order valence-corrected chi connectivity index (χ4v) is 7.22. The SMILES string of the molecule is CN(C)CCC=P(c1ccccc1)(c1ccccc1)c1ccccc1. The molecule has 0 spiro atoms. The Morgan fingerprint density at radius 2 is 1.00 bits per heavy atom. The van der Waals surface area contributed by atoms with Gasteiger partial charge in [-0.1, -0.05) is 96.8 Å². The first kappa shape index (κ1) is 17.7. The van der Waals surface area contributed by atoms with Gasteiger partial charge in [-0.25, -0.2) is 0 Å². The topological polar surface area (TPSA) is 3.24 Å². The summed E-state index contributed by atoms with van der Waals surface area (Å²) in [5.41, 5.74) is 0. The van der Waals surface area contributed by atoms with E-state index in [1.807, 2.05) is 0 Å². The van der Waals surface area contributed by atoms with Gasteiger partial charge < -0.3 is 4.90 Å². The molecule has 128 valence electrons. The molecule has 0 aliphatic heterocycles. The molecular formula is C23H26NP. The van der Waals surface area contributed by atoms with Crippen LogP contribution in [0.15, 0.2) is 91.0 Å². The second kappa shape index (κ2) is 8.34. The van der Waals surface area contributed by atoms with Crippen LogP contribution >= 0.6 is 6.89 Å². The Labute approximate surface area is 151 Å². The lowest BCUT2D eigenvalue weighted by atomic mass is 10.4. The largest absolute Gasteiger partial charge is 0.309 e. The smallest absolute Gasteiger partial charge is 0.00105 e. The third-order valence-electron chi connectivity index (χ3n) is 4.47. The maximum Gasteiger partial charge on any atom is 0.00105 e. The van der Waals surface area contributed by atoms with Crippen molar-refractivity contribution in [3.63, 3.8) is 0 Å². The minimum atomic E-state index is -1.76. The predicted octanol–water partition coefficient (Wildman–Crippen LogP) is 3.73. The van der Waals surface area contributed by atoms with Gasteiger partial charge in [0.25, 0.3) is 0 Å². The van der Waals surface area contributed by atoms with E-state index in [1.165, 1.54) is 15.9 Å². The Morgan fingerprint density at radius 3 is 1.32 bits per heavy atom. The molecule has 0 aliphatic rings. The monoisotopic (exact) mass is 347 g/mol. The lowest BCUT2D eigenvalue weighted by Crippen LogP contribution is -2.27. The van der Waals surface area contributed by atoms with Gasteiger partial charge in [0.1, 0.15) is 0 Å². The molecule has 0 saturated carbocycles. The Hall–Kier alpha value is -2.08. The van der Waals surface area contributed by atoms with Gasteiger partial charge in [-0.3, -0.25) is 0 Å². The lowest BCUT2D eigenvalue weighted by Gasteiger charge is -2.29. The summed E-state index contributed by atoms with van der Waals surface area (Å²) < 4.78 is 0. The van der Waals surface area contributed by atoms with E-state index in [4.69, 9.17) is 0 Å². The van der Waals surface area contributed by atoms with Crippen LogP contribution in [0, 0.1) is 0 Å². The molecule has 3 aromatic rings. The highest BCUT2D eigenvalue weighted by Gasteiger charge is 2.24. The number of nitrogens with zero attached hydrogens (tertiary/aromatic N) is 1. The van der Waals surface area contributed by atoms with Crippen LogP contribution < -0.4 is 15.9 Å². The number of benzene rings is 3. The standard InChI is InChI=1S/C23H26NP/c1-24(2)19-12-20-25(21-13-6-3-7-14-21,22-15-8-4-9-16-22)23-17-10-5-11-18-23/h3-11,13-18,20H,12,19H2,1-2H3. The first-order chi connectivity index (χ1) is 12.2. The first-order valence-electron chi connectivity index (χ1n) is 8.78. The fourth-order valence-electron chi connectivity index (χ4n) is 3.26. The van der Waals surface area contributed by atoms with Crippen LogP contribution in [0.2, 0.25) is 0 Å². The third kappa shape index (κ3) is 3.95. The van der Waals surface area contributed by atoms with Gasteiger partial charge >= 0.3 is 0 Å². The number of rotatable bonds is 6. The van der Waals surface area contributed by atoms with Crippen molar-refractivity contribution in [2.75, 3.05) is 20.6 Å². The molecule has 0 heterocycles. The molecule has 0 aromatic heterocycles. The van der Waals surface area contributed by atoms with Crippen molar-refractivity contribution < 1.29 is 0 Å². The van der Waals surface area contributed by atoms with Crippen LogP contribution in [0.3, 0.4) is 0 Å². The molecule has 3 aromatic carbocycles. The minimum absolute atomic E-state index is 1.06. The molecule has 3 rings (SSSR count). The Morgan fingerprint density at radius 1 is 0.640 bits per heavy atom. The van der Waals surface area contributed by atoms with Crippen molar-refractivity contribution >= 4 is 28.6 Å². The fraction of sp³-hybridized carbons (Fsp3) is 0.174. The molecule has 2 heteroatoms. The van der Waals surface area contributed by atoms with Crippen molar-refractivity contribution in [3.8, 4) is 0 Å². The van der Waals surface area contributed by atoms with Crippen LogP contribution in [0.5, 0.6) is 0 Å². The van der Waals surface area contributed by atoms with Crippen molar-refractivity contribution in [2.24, 2.45) is 0 Å². The van der Waals surface area contributed by atoms with Gasteiger partial charge in [0.05, 0.1) is 0 Å². The zero-order valence-electron chi connectivity index (χ0n) is 15.0. The molecule has 0 bridgehead atoms. The van der Waals surface area contributed by atoms with Crippen molar-refractivity contribution in [1.82, 2.24) is 4.90 Å². The van der Waals surface area contributed by atoms with Gasteiger partial charge in [-0.05, 0) is 43.3 Å². The van der Waals surface area contributed by atoms with E-state index < -0.39 is 6.89 Å². The van der Waals surface area contributed by atoms with Gasteiger partial charge in [0, 0.05) is 6.54 Å². The zero-order valence-corrected chi connectivity index (χ0v) is 15.9. The predicted molar refractivity (Wildman–Crippen MR) is 114 cm³/mol. The summed E-state index contributed by atoms with van der Waals surface area (Å²) in [6.07, 6.45) is 1.07. The molecule has 0 N–H and O–H groups in total. The Balaban J connectivity index is 2.28. The van der Waals surface area contributed by atoms with Crippen LogP contribution in [0.1, 0.15) is 6.42 Å². The number of hydrogen-bond acceptors (Lipinski definition) is 1. The van der Waals surface area contributed by atoms with Crippen molar-refractivity contribution in [2.45, 2.75) is 6.42 Å². The van der Waals surface area contributed by atoms with E-state index in [1.54, 1.807) is 0 Å². The Bertz CT molecular complexity index is 720. The molecular weight excluding hydrogens is 321 g/mol. The van der Waals surface area contributed by atoms with E-state index in [0.717, 1.165) is 13.0 Å². The molecule has 25 heavy (non-hydrogen) atoms. The molecule has 0 fully saturated rings. The summed E-state index contributed by atoms with van der Waals surface area (Å²) in [5, 5.41) is 4.27. The quantitative estimate of drug-likeness (QED) is 0.614. The second-order valence-corrected chi connectivity index (χ2v) is 9.86. The normalized spacial score (nSPS) is 11.5. The Kier molecular flexibility index (Phi) is 5.91. The summed E-state index contributed by atoms with van der Waals surface area (Å²) >= 11 is 0. The van der Waals surface area contributed by atoms with Crippen LogP contribution in [0.4, 0.5) is 0 Å². The molecule has 0 unspecified atom stereocenters. The molecule has 0 saturated heterocycles. The van der Waals surface area contributed by atoms with Crippen LogP contribution in [-0.4, -0.2) is 31.3 Å². The van der Waals surface area contributed by atoms with E-state index in [2.05, 4.69) is 116 Å². The van der Waals surface area contributed by atoms with Gasteiger partial charge in [0.2, 0.25) is 0 Å². The summed E-state index contributed by atoms with van der Waals surface area (Å²) in [6.45, 7) is -0.697. The number of hydrogen-bond donors (Lipinski definition) is 0. The van der Waals surface area contributed by atoms with Gasteiger partial charge in [-0.2, -0.15) is 0 Å². The van der Waals surface area contributed by atoms with Crippen LogP contribution in [0.25, 0.3) is 0 Å². The minimum Gasteiger partial charge on any atom is -0.309 e. The summed E-state index contributed by atoms with van der Waals surface area (Å²) in [4.78, 5) is 2.26. The molecule has 0 amide bonds. The zero-order chi connectivity index (χ0) is 17.5. The molecule has 0 radical (unpaired) electrons. The molecule has 0 atom stereocenters. The van der Waals surface area contributed by atoms with E-state index in [-0.39, 0.29) is 0 Å². The summed E-state index contributed by atoms with van der Waals surface area (Å²) in [5.74, 6) is 2.59. The van der Waals surface area contributed by atoms with E-state index in [9.17, 15) is 0 Å². The van der Waals surface area contributed by atoms with Crippen molar-refractivity contribution in [3.05, 3.63) is 91.0 Å². The van der Waals surface area contributed by atoms with E-state index in [0.29, 0.717) is 0 Å². The highest BCUT2D eigenvalue weighted by atomic mass is 31.2. The van der Waals surface area contributed by atoms with Gasteiger partial charge in [-0.15, -0.1) is 0 Å². The third-order valence-corrected chi connectivity index (χ3v) is 8.61. The van der Waals surface area contributed by atoms with Gasteiger partial charge in [0.15, 0.2) is 0 Å². The summed E-state index contributed by atoms with van der Waals surface area (Å²) in [7, 11) is 4.28. The highest BCUT2D eigenvalue weighted by molar-refractivity contribution is 7.94. The van der Waals surface area contributed by atoms with Crippen molar-refractivity contribution in [1.29, 1.82) is 0 Å². The second-order valence-electron chi connectivity index (χ2n) is 6.50. The van der Waals surface area contributed by atoms with Crippen LogP contribution in [-0.2, 0) is 0 Å². The average Bonchev–Trinajstić information content (AvgIpc) is 2.67. The lowest BCUT2D eigenvalue weighted by molar-refractivity contribution is 0.424. The molecule has 0 aliphatic carbocycles. The molecule has 1 nitrogen and oxygen atoms in total. The maximum absolute atomic E-state index is 2.59. The highest BCUT2D eigenvalue weighted by Crippen LogP contribution is 2.43. The van der Waals surface area contributed by atoms with E-state index >= 15 is 0 Å². The average molecular weight is 347 g/mol. The maximum atomic E-state index is 2.59. The first-order valence-corrected chi connectivity index (χ1v) is 10.6.